The second-order valence-electron chi connectivity index (χ2n) is 5.09. The van der Waals surface area contributed by atoms with Gasteiger partial charge in [0.2, 0.25) is 5.91 Å². The largest absolute Gasteiger partial charge is 0.416 e. The molecule has 0 bridgehead atoms. The molecule has 0 aliphatic carbocycles. The van der Waals surface area contributed by atoms with E-state index in [4.69, 9.17) is 0 Å². The summed E-state index contributed by atoms with van der Waals surface area (Å²) in [5.74, 6) is 0.169. The second kappa shape index (κ2) is 7.72. The topological polar surface area (TPSA) is 103 Å². The highest BCUT2D eigenvalue weighted by Crippen LogP contribution is 2.38. The number of nitro benzene ring substituents is 1. The lowest BCUT2D eigenvalue weighted by Gasteiger charge is -2.10. The molecule has 2 rings (SSSR count). The molecule has 0 saturated heterocycles. The van der Waals surface area contributed by atoms with Crippen molar-refractivity contribution in [2.24, 2.45) is 0 Å². The Morgan fingerprint density at radius 3 is 2.62 bits per heavy atom. The van der Waals surface area contributed by atoms with Crippen molar-refractivity contribution in [1.82, 2.24) is 20.1 Å². The van der Waals surface area contributed by atoms with Gasteiger partial charge in [0.25, 0.3) is 5.69 Å². The minimum Gasteiger partial charge on any atom is -0.349 e. The van der Waals surface area contributed by atoms with Crippen LogP contribution in [-0.2, 0) is 24.1 Å². The van der Waals surface area contributed by atoms with Crippen LogP contribution in [0.5, 0.6) is 0 Å². The van der Waals surface area contributed by atoms with Gasteiger partial charge in [0, 0.05) is 19.5 Å². The molecule has 0 aliphatic heterocycles. The molecule has 140 valence electrons. The molecule has 1 N–H and O–H groups in total. The summed E-state index contributed by atoms with van der Waals surface area (Å²) >= 11 is 0.836. The molecule has 0 aliphatic rings. The minimum atomic E-state index is -4.68. The first kappa shape index (κ1) is 19.7. The molecule has 0 radical (unpaired) electrons. The zero-order valence-corrected chi connectivity index (χ0v) is 14.5. The molecule has 1 aromatic carbocycles. The number of nitrogens with zero attached hydrogens (tertiary/aromatic N) is 4. The van der Waals surface area contributed by atoms with Crippen molar-refractivity contribution in [3.8, 4) is 0 Å². The Hall–Kier alpha value is -2.63. The molecule has 1 heterocycles. The van der Waals surface area contributed by atoms with Gasteiger partial charge >= 0.3 is 6.18 Å². The average Bonchev–Trinajstić information content (AvgIpc) is 2.93. The van der Waals surface area contributed by atoms with Gasteiger partial charge in [0.05, 0.1) is 21.9 Å². The summed E-state index contributed by atoms with van der Waals surface area (Å²) in [5, 5.41) is 21.8. The maximum absolute atomic E-state index is 12.8. The highest BCUT2D eigenvalue weighted by Gasteiger charge is 2.33. The smallest absolute Gasteiger partial charge is 0.349 e. The zero-order chi connectivity index (χ0) is 19.5. The quantitative estimate of drug-likeness (QED) is 0.602. The summed E-state index contributed by atoms with van der Waals surface area (Å²) in [6.45, 7) is 3.66. The maximum Gasteiger partial charge on any atom is 0.416 e. The van der Waals surface area contributed by atoms with Crippen LogP contribution in [0.25, 0.3) is 0 Å². The first-order valence-electron chi connectivity index (χ1n) is 7.33. The molecule has 0 unspecified atom stereocenters. The van der Waals surface area contributed by atoms with Crippen molar-refractivity contribution in [2.75, 3.05) is 0 Å². The van der Waals surface area contributed by atoms with Gasteiger partial charge in [-0.3, -0.25) is 14.9 Å². The van der Waals surface area contributed by atoms with E-state index in [0.717, 1.165) is 23.9 Å². The Balaban J connectivity index is 2.36. The van der Waals surface area contributed by atoms with E-state index in [-0.39, 0.29) is 22.5 Å². The number of nitro groups is 1. The summed E-state index contributed by atoms with van der Waals surface area (Å²) in [6.07, 6.45) is -4.68. The summed E-state index contributed by atoms with van der Waals surface area (Å²) in [5.41, 5.74) is -1.77. The van der Waals surface area contributed by atoms with Crippen LogP contribution >= 0.6 is 11.8 Å². The number of nitrogens with one attached hydrogen (secondary N) is 1. The fourth-order valence-electron chi connectivity index (χ4n) is 2.07. The molecule has 0 saturated carbocycles. The number of carbonyl (C=O) groups excluding carboxylic acids is 1. The Labute approximate surface area is 149 Å². The van der Waals surface area contributed by atoms with E-state index < -0.39 is 22.4 Å². The summed E-state index contributed by atoms with van der Waals surface area (Å²) < 4.78 is 39.9. The van der Waals surface area contributed by atoms with Crippen molar-refractivity contribution >= 4 is 23.4 Å². The monoisotopic (exact) mass is 389 g/mol. The number of rotatable bonds is 6. The molecule has 0 atom stereocenters. The molecular formula is C14H14F3N5O3S. The van der Waals surface area contributed by atoms with Gasteiger partial charge in [-0.25, -0.2) is 0 Å². The summed E-state index contributed by atoms with van der Waals surface area (Å²) in [7, 11) is 0. The van der Waals surface area contributed by atoms with Gasteiger partial charge in [-0.2, -0.15) is 13.2 Å². The zero-order valence-electron chi connectivity index (χ0n) is 13.7. The number of carbonyl (C=O) groups is 1. The van der Waals surface area contributed by atoms with Gasteiger partial charge in [-0.05, 0) is 30.8 Å². The highest BCUT2D eigenvalue weighted by molar-refractivity contribution is 7.99. The van der Waals surface area contributed by atoms with Crippen molar-refractivity contribution in [1.29, 1.82) is 0 Å². The molecular weight excluding hydrogens is 375 g/mol. The van der Waals surface area contributed by atoms with Crippen molar-refractivity contribution in [3.63, 3.8) is 0 Å². The highest BCUT2D eigenvalue weighted by atomic mass is 32.2. The third-order valence-corrected chi connectivity index (χ3v) is 4.34. The molecule has 0 fully saturated rings. The van der Waals surface area contributed by atoms with Crippen LogP contribution in [0.15, 0.2) is 28.3 Å². The van der Waals surface area contributed by atoms with Gasteiger partial charge in [0.1, 0.15) is 0 Å². The number of alkyl halides is 3. The SMILES string of the molecule is CCn1c(CNC(C)=O)nnc1Sc1ccc(C(F)(F)F)cc1[N+](=O)[O-]. The van der Waals surface area contributed by atoms with E-state index in [1.165, 1.54) is 6.92 Å². The van der Waals surface area contributed by atoms with E-state index in [1.807, 2.05) is 0 Å². The Kier molecular flexibility index (Phi) is 5.85. The van der Waals surface area contributed by atoms with Gasteiger partial charge < -0.3 is 9.88 Å². The fourth-order valence-corrected chi connectivity index (χ4v) is 3.06. The van der Waals surface area contributed by atoms with Gasteiger partial charge in [0.15, 0.2) is 11.0 Å². The minimum absolute atomic E-state index is 0.0103. The number of hydrogen-bond acceptors (Lipinski definition) is 6. The normalized spacial score (nSPS) is 11.4. The Morgan fingerprint density at radius 2 is 2.08 bits per heavy atom. The number of benzene rings is 1. The first-order valence-corrected chi connectivity index (χ1v) is 8.15. The lowest BCUT2D eigenvalue weighted by Crippen LogP contribution is -2.21. The Morgan fingerprint density at radius 1 is 1.38 bits per heavy atom. The maximum atomic E-state index is 12.8. The predicted molar refractivity (Wildman–Crippen MR) is 85.4 cm³/mol. The third kappa shape index (κ3) is 4.50. The molecule has 12 heteroatoms. The summed E-state index contributed by atoms with van der Waals surface area (Å²) in [4.78, 5) is 21.3. The molecule has 1 aromatic heterocycles. The van der Waals surface area contributed by atoms with Crippen LogP contribution in [0, 0.1) is 10.1 Å². The molecule has 1 amide bonds. The lowest BCUT2D eigenvalue weighted by atomic mass is 10.2. The standard InChI is InChI=1S/C14H14F3N5O3S/c1-3-21-12(7-18-8(2)23)19-20-13(21)26-11-5-4-9(14(15,16)17)6-10(11)22(24)25/h4-6H,3,7H2,1-2H3,(H,18,23). The van der Waals surface area contributed by atoms with Crippen LogP contribution in [0.4, 0.5) is 18.9 Å². The number of halogens is 3. The van der Waals surface area contributed by atoms with E-state index >= 15 is 0 Å². The predicted octanol–water partition coefficient (Wildman–Crippen LogP) is 3.01. The first-order chi connectivity index (χ1) is 12.1. The van der Waals surface area contributed by atoms with Gasteiger partial charge in [-0.15, -0.1) is 10.2 Å². The van der Waals surface area contributed by atoms with Gasteiger partial charge in [-0.1, -0.05) is 0 Å². The summed E-state index contributed by atoms with van der Waals surface area (Å²) in [6, 6.07) is 2.31. The van der Waals surface area contributed by atoms with E-state index in [9.17, 15) is 28.1 Å². The molecule has 2 aromatic rings. The molecule has 8 nitrogen and oxygen atoms in total. The number of amides is 1. The number of aromatic nitrogens is 3. The average molecular weight is 389 g/mol. The van der Waals surface area contributed by atoms with Crippen LogP contribution < -0.4 is 5.32 Å². The van der Waals surface area contributed by atoms with E-state index in [2.05, 4.69) is 15.5 Å². The second-order valence-corrected chi connectivity index (χ2v) is 6.10. The van der Waals surface area contributed by atoms with Crippen molar-refractivity contribution < 1.29 is 22.9 Å². The fraction of sp³-hybridized carbons (Fsp3) is 0.357. The van der Waals surface area contributed by atoms with Crippen molar-refractivity contribution in [3.05, 3.63) is 39.7 Å². The third-order valence-electron chi connectivity index (χ3n) is 3.29. The Bertz CT molecular complexity index is 838. The van der Waals surface area contributed by atoms with Crippen molar-refractivity contribution in [2.45, 2.75) is 43.2 Å². The van der Waals surface area contributed by atoms with E-state index in [0.29, 0.717) is 18.4 Å². The lowest BCUT2D eigenvalue weighted by molar-refractivity contribution is -0.388. The van der Waals surface area contributed by atoms with Crippen LogP contribution in [0.2, 0.25) is 0 Å². The molecule has 26 heavy (non-hydrogen) atoms. The number of hydrogen-bond donors (Lipinski definition) is 1. The molecule has 0 spiro atoms. The van der Waals surface area contributed by atoms with E-state index in [1.54, 1.807) is 11.5 Å². The van der Waals surface area contributed by atoms with Crippen LogP contribution in [-0.4, -0.2) is 25.6 Å². The van der Waals surface area contributed by atoms with Crippen LogP contribution in [0.3, 0.4) is 0 Å². The van der Waals surface area contributed by atoms with Crippen LogP contribution in [0.1, 0.15) is 25.2 Å².